The van der Waals surface area contributed by atoms with Crippen LogP contribution in [0, 0.1) is 12.7 Å². The first-order chi connectivity index (χ1) is 9.42. The molecule has 108 valence electrons. The fourth-order valence-corrected chi connectivity index (χ4v) is 2.97. The number of nitrogens with one attached hydrogen (secondary N) is 1. The third kappa shape index (κ3) is 3.24. The van der Waals surface area contributed by atoms with Crippen molar-refractivity contribution in [3.8, 4) is 0 Å². The van der Waals surface area contributed by atoms with Crippen molar-refractivity contribution in [2.24, 2.45) is 5.73 Å². The van der Waals surface area contributed by atoms with Crippen molar-refractivity contribution in [1.82, 2.24) is 4.72 Å². The lowest BCUT2D eigenvalue weighted by Gasteiger charge is -2.05. The zero-order chi connectivity index (χ0) is 14.8. The van der Waals surface area contributed by atoms with Gasteiger partial charge in [0.1, 0.15) is 22.2 Å². The fraction of sp³-hybridized carbons (Fsp3) is 0.231. The standard InChI is InChI=1S/C13H15FN2O3S/c1-9-13(6-12(7-15)19-9)20(17,18)16-8-10-2-4-11(14)5-3-10/h2-6,16H,7-8,15H2,1H3. The summed E-state index contributed by atoms with van der Waals surface area (Å²) in [6.45, 7) is 1.77. The van der Waals surface area contributed by atoms with Gasteiger partial charge in [0, 0.05) is 12.6 Å². The van der Waals surface area contributed by atoms with Gasteiger partial charge in [-0.2, -0.15) is 0 Å². The second-order valence-corrected chi connectivity index (χ2v) is 6.02. The molecule has 7 heteroatoms. The van der Waals surface area contributed by atoms with Gasteiger partial charge in [-0.3, -0.25) is 0 Å². The largest absolute Gasteiger partial charge is 0.464 e. The highest BCUT2D eigenvalue weighted by molar-refractivity contribution is 7.89. The molecule has 0 atom stereocenters. The van der Waals surface area contributed by atoms with E-state index in [0.29, 0.717) is 11.3 Å². The second kappa shape index (κ2) is 5.74. The van der Waals surface area contributed by atoms with Crippen LogP contribution in [0.3, 0.4) is 0 Å². The lowest BCUT2D eigenvalue weighted by atomic mass is 10.2. The van der Waals surface area contributed by atoms with Crippen LogP contribution >= 0.6 is 0 Å². The van der Waals surface area contributed by atoms with Gasteiger partial charge in [-0.15, -0.1) is 0 Å². The molecule has 2 aromatic rings. The van der Waals surface area contributed by atoms with Crippen molar-refractivity contribution in [2.75, 3.05) is 0 Å². The SMILES string of the molecule is Cc1oc(CN)cc1S(=O)(=O)NCc1ccc(F)cc1. The van der Waals surface area contributed by atoms with Crippen LogP contribution in [0.15, 0.2) is 39.6 Å². The molecule has 0 radical (unpaired) electrons. The van der Waals surface area contributed by atoms with Gasteiger partial charge in [0.15, 0.2) is 0 Å². The topological polar surface area (TPSA) is 85.3 Å². The Morgan fingerprint density at radius 1 is 1.30 bits per heavy atom. The number of hydrogen-bond donors (Lipinski definition) is 2. The van der Waals surface area contributed by atoms with E-state index >= 15 is 0 Å². The number of aryl methyl sites for hydroxylation is 1. The summed E-state index contributed by atoms with van der Waals surface area (Å²) in [6, 6.07) is 7.00. The Kier molecular flexibility index (Phi) is 4.22. The molecular formula is C13H15FN2O3S. The molecule has 20 heavy (non-hydrogen) atoms. The summed E-state index contributed by atoms with van der Waals surface area (Å²) in [5, 5.41) is 0. The van der Waals surface area contributed by atoms with Crippen molar-refractivity contribution in [3.63, 3.8) is 0 Å². The first kappa shape index (κ1) is 14.7. The first-order valence-corrected chi connectivity index (χ1v) is 7.44. The van der Waals surface area contributed by atoms with Gasteiger partial charge >= 0.3 is 0 Å². The number of halogens is 1. The third-order valence-corrected chi connectivity index (χ3v) is 4.30. The number of rotatable bonds is 5. The number of sulfonamides is 1. The van der Waals surface area contributed by atoms with Gasteiger partial charge in [0.05, 0.1) is 6.54 Å². The number of furan rings is 1. The average molecular weight is 298 g/mol. The number of nitrogens with two attached hydrogens (primary N) is 1. The average Bonchev–Trinajstić information content (AvgIpc) is 2.80. The summed E-state index contributed by atoms with van der Waals surface area (Å²) in [7, 11) is -3.68. The Balaban J connectivity index is 2.14. The van der Waals surface area contributed by atoms with E-state index in [4.69, 9.17) is 10.2 Å². The van der Waals surface area contributed by atoms with Gasteiger partial charge in [0.25, 0.3) is 0 Å². The summed E-state index contributed by atoms with van der Waals surface area (Å²) in [5.74, 6) is 0.330. The van der Waals surface area contributed by atoms with E-state index in [0.717, 1.165) is 0 Å². The second-order valence-electron chi connectivity index (χ2n) is 4.29. The van der Waals surface area contributed by atoms with Crippen molar-refractivity contribution in [2.45, 2.75) is 24.9 Å². The van der Waals surface area contributed by atoms with Crippen LogP contribution in [-0.4, -0.2) is 8.42 Å². The molecule has 1 heterocycles. The molecular weight excluding hydrogens is 283 g/mol. The Morgan fingerprint density at radius 3 is 2.50 bits per heavy atom. The zero-order valence-electron chi connectivity index (χ0n) is 10.9. The van der Waals surface area contributed by atoms with E-state index in [9.17, 15) is 12.8 Å². The third-order valence-electron chi connectivity index (χ3n) is 2.79. The summed E-state index contributed by atoms with van der Waals surface area (Å²) in [5.41, 5.74) is 6.07. The first-order valence-electron chi connectivity index (χ1n) is 5.96. The van der Waals surface area contributed by atoms with Crippen LogP contribution in [0.5, 0.6) is 0 Å². The molecule has 0 unspecified atom stereocenters. The molecule has 0 aliphatic rings. The Labute approximate surface area is 116 Å². The maximum absolute atomic E-state index is 12.8. The van der Waals surface area contributed by atoms with E-state index < -0.39 is 10.0 Å². The minimum atomic E-state index is -3.68. The highest BCUT2D eigenvalue weighted by atomic mass is 32.2. The molecule has 1 aromatic carbocycles. The molecule has 0 aliphatic carbocycles. The van der Waals surface area contributed by atoms with Gasteiger partial charge in [0.2, 0.25) is 10.0 Å². The highest BCUT2D eigenvalue weighted by Crippen LogP contribution is 2.19. The number of hydrogen-bond acceptors (Lipinski definition) is 4. The molecule has 5 nitrogen and oxygen atoms in total. The van der Waals surface area contributed by atoms with E-state index in [1.807, 2.05) is 0 Å². The quantitative estimate of drug-likeness (QED) is 0.879. The molecule has 0 amide bonds. The van der Waals surface area contributed by atoms with Crippen LogP contribution in [0.1, 0.15) is 17.1 Å². The lowest BCUT2D eigenvalue weighted by molar-refractivity contribution is 0.478. The summed E-state index contributed by atoms with van der Waals surface area (Å²) < 4.78 is 44.7. The van der Waals surface area contributed by atoms with E-state index in [1.165, 1.54) is 30.3 Å². The Hall–Kier alpha value is -1.70. The molecule has 3 N–H and O–H groups in total. The van der Waals surface area contributed by atoms with Crippen molar-refractivity contribution >= 4 is 10.0 Å². The summed E-state index contributed by atoms with van der Waals surface area (Å²) in [4.78, 5) is 0.0695. The Morgan fingerprint density at radius 2 is 1.95 bits per heavy atom. The van der Waals surface area contributed by atoms with E-state index in [-0.39, 0.29) is 29.6 Å². The normalized spacial score (nSPS) is 11.8. The Bertz CT molecular complexity index is 693. The minimum Gasteiger partial charge on any atom is -0.464 e. The highest BCUT2D eigenvalue weighted by Gasteiger charge is 2.20. The monoisotopic (exact) mass is 298 g/mol. The van der Waals surface area contributed by atoms with Crippen molar-refractivity contribution in [3.05, 3.63) is 53.2 Å². The molecule has 0 saturated heterocycles. The van der Waals surface area contributed by atoms with Gasteiger partial charge in [-0.05, 0) is 24.6 Å². The van der Waals surface area contributed by atoms with Crippen molar-refractivity contribution < 1.29 is 17.2 Å². The molecule has 2 rings (SSSR count). The molecule has 0 aliphatic heterocycles. The van der Waals surface area contributed by atoms with Gasteiger partial charge in [-0.25, -0.2) is 17.5 Å². The molecule has 0 spiro atoms. The summed E-state index contributed by atoms with van der Waals surface area (Å²) in [6.07, 6.45) is 0. The van der Waals surface area contributed by atoms with Crippen molar-refractivity contribution in [1.29, 1.82) is 0 Å². The van der Waals surface area contributed by atoms with Crippen LogP contribution in [0.2, 0.25) is 0 Å². The lowest BCUT2D eigenvalue weighted by Crippen LogP contribution is -2.23. The molecule has 0 fully saturated rings. The predicted molar refractivity (Wildman–Crippen MR) is 71.8 cm³/mol. The minimum absolute atomic E-state index is 0.0695. The van der Waals surface area contributed by atoms with Crippen LogP contribution in [0.4, 0.5) is 4.39 Å². The summed E-state index contributed by atoms with van der Waals surface area (Å²) >= 11 is 0. The van der Waals surface area contributed by atoms with Gasteiger partial charge in [-0.1, -0.05) is 12.1 Å². The number of benzene rings is 1. The van der Waals surface area contributed by atoms with E-state index in [2.05, 4.69) is 4.72 Å². The molecule has 0 bridgehead atoms. The van der Waals surface area contributed by atoms with Crippen LogP contribution in [-0.2, 0) is 23.1 Å². The maximum Gasteiger partial charge on any atom is 0.244 e. The smallest absolute Gasteiger partial charge is 0.244 e. The van der Waals surface area contributed by atoms with E-state index in [1.54, 1.807) is 6.92 Å². The van der Waals surface area contributed by atoms with Crippen LogP contribution in [0.25, 0.3) is 0 Å². The zero-order valence-corrected chi connectivity index (χ0v) is 11.7. The molecule has 0 saturated carbocycles. The predicted octanol–water partition coefficient (Wildman–Crippen LogP) is 1.66. The maximum atomic E-state index is 12.8. The fourth-order valence-electron chi connectivity index (χ4n) is 1.75. The van der Waals surface area contributed by atoms with Gasteiger partial charge < -0.3 is 10.2 Å². The molecule has 1 aromatic heterocycles. The van der Waals surface area contributed by atoms with Crippen LogP contribution < -0.4 is 10.5 Å².